The van der Waals surface area contributed by atoms with Crippen LogP contribution in [0, 0.1) is 11.3 Å². The van der Waals surface area contributed by atoms with E-state index in [0.29, 0.717) is 11.3 Å². The fourth-order valence-electron chi connectivity index (χ4n) is 2.08. The van der Waals surface area contributed by atoms with E-state index in [-0.39, 0.29) is 0 Å². The monoisotopic (exact) mass is 255 g/mol. The van der Waals surface area contributed by atoms with E-state index < -0.39 is 0 Å². The lowest BCUT2D eigenvalue weighted by molar-refractivity contribution is 0.413. The Morgan fingerprint density at radius 2 is 2.21 bits per heavy atom. The van der Waals surface area contributed by atoms with Crippen LogP contribution in [0.25, 0.3) is 0 Å². The van der Waals surface area contributed by atoms with E-state index in [2.05, 4.69) is 22.0 Å². The largest absolute Gasteiger partial charge is 0.495 e. The van der Waals surface area contributed by atoms with Gasteiger partial charge >= 0.3 is 0 Å². The number of methoxy groups -OCH3 is 1. The highest BCUT2D eigenvalue weighted by Crippen LogP contribution is 2.19. The Morgan fingerprint density at radius 1 is 1.37 bits per heavy atom. The minimum atomic E-state index is 0.572. The molecule has 0 bridgehead atoms. The van der Waals surface area contributed by atoms with E-state index in [1.54, 1.807) is 7.11 Å². The molecule has 19 heavy (non-hydrogen) atoms. The second-order valence-electron chi connectivity index (χ2n) is 4.30. The zero-order valence-electron chi connectivity index (χ0n) is 11.2. The van der Waals surface area contributed by atoms with E-state index in [1.165, 1.54) is 5.69 Å². The summed E-state index contributed by atoms with van der Waals surface area (Å²) in [6.45, 7) is 1.58. The van der Waals surface area contributed by atoms with Crippen LogP contribution in [0.1, 0.15) is 16.8 Å². The number of nitrogens with one attached hydrogen (secondary N) is 1. The lowest BCUT2D eigenvalue weighted by atomic mass is 10.1. The van der Waals surface area contributed by atoms with Gasteiger partial charge in [0.25, 0.3) is 0 Å². The zero-order chi connectivity index (χ0) is 13.7. The van der Waals surface area contributed by atoms with Crippen molar-refractivity contribution < 1.29 is 4.74 Å². The summed E-state index contributed by atoms with van der Waals surface area (Å²) >= 11 is 0. The molecule has 0 atom stereocenters. The number of hydrogen-bond acceptors (Lipinski definition) is 3. The van der Waals surface area contributed by atoms with Gasteiger partial charge in [0.2, 0.25) is 0 Å². The van der Waals surface area contributed by atoms with Gasteiger partial charge in [-0.15, -0.1) is 0 Å². The van der Waals surface area contributed by atoms with Crippen molar-refractivity contribution in [1.29, 1.82) is 5.26 Å². The molecule has 0 radical (unpaired) electrons. The van der Waals surface area contributed by atoms with Crippen molar-refractivity contribution >= 4 is 0 Å². The Balaban J connectivity index is 2.24. The van der Waals surface area contributed by atoms with Gasteiger partial charge in [-0.05, 0) is 36.9 Å². The Labute approximate surface area is 113 Å². The van der Waals surface area contributed by atoms with Gasteiger partial charge in [-0.1, -0.05) is 6.07 Å². The summed E-state index contributed by atoms with van der Waals surface area (Å²) in [5, 5.41) is 12.2. The normalized spacial score (nSPS) is 10.2. The second kappa shape index (κ2) is 6.07. The highest BCUT2D eigenvalue weighted by atomic mass is 16.5. The van der Waals surface area contributed by atoms with Gasteiger partial charge in [0.1, 0.15) is 11.8 Å². The molecule has 0 spiro atoms. The molecule has 0 fully saturated rings. The molecule has 2 aromatic rings. The van der Waals surface area contributed by atoms with Crippen LogP contribution in [0.3, 0.4) is 0 Å². The highest BCUT2D eigenvalue weighted by Gasteiger charge is 2.05. The van der Waals surface area contributed by atoms with E-state index >= 15 is 0 Å². The number of nitriles is 1. The van der Waals surface area contributed by atoms with E-state index in [9.17, 15) is 0 Å². The molecule has 0 aliphatic rings. The molecular weight excluding hydrogens is 238 g/mol. The number of aromatic nitrogens is 1. The van der Waals surface area contributed by atoms with Crippen LogP contribution >= 0.6 is 0 Å². The molecule has 2 rings (SSSR count). The third-order valence-corrected chi connectivity index (χ3v) is 3.02. The smallest absolute Gasteiger partial charge is 0.136 e. The molecule has 4 heteroatoms. The summed E-state index contributed by atoms with van der Waals surface area (Å²) < 4.78 is 7.32. The SMILES string of the molecule is CNCc1cccn1Cc1ccc(OC)c(C#N)c1. The minimum Gasteiger partial charge on any atom is -0.495 e. The van der Waals surface area contributed by atoms with Crippen LogP contribution in [0.15, 0.2) is 36.5 Å². The first-order chi connectivity index (χ1) is 9.28. The average molecular weight is 255 g/mol. The van der Waals surface area contributed by atoms with E-state index in [1.807, 2.05) is 37.5 Å². The number of ether oxygens (including phenoxy) is 1. The molecule has 1 heterocycles. The lowest BCUT2D eigenvalue weighted by Gasteiger charge is -2.10. The molecule has 1 aromatic carbocycles. The van der Waals surface area contributed by atoms with Crippen LogP contribution in [-0.4, -0.2) is 18.7 Å². The van der Waals surface area contributed by atoms with Crippen molar-refractivity contribution in [2.75, 3.05) is 14.2 Å². The summed E-state index contributed by atoms with van der Waals surface area (Å²) in [6.07, 6.45) is 2.04. The molecule has 0 aliphatic heterocycles. The first-order valence-electron chi connectivity index (χ1n) is 6.14. The number of benzene rings is 1. The Morgan fingerprint density at radius 3 is 2.89 bits per heavy atom. The van der Waals surface area contributed by atoms with Gasteiger partial charge < -0.3 is 14.6 Å². The Hall–Kier alpha value is -2.25. The Kier molecular flexibility index (Phi) is 4.22. The topological polar surface area (TPSA) is 50.0 Å². The number of nitrogens with zero attached hydrogens (tertiary/aromatic N) is 2. The lowest BCUT2D eigenvalue weighted by Crippen LogP contribution is -2.11. The minimum absolute atomic E-state index is 0.572. The number of rotatable bonds is 5. The molecule has 4 nitrogen and oxygen atoms in total. The fraction of sp³-hybridized carbons (Fsp3) is 0.267. The van der Waals surface area contributed by atoms with Gasteiger partial charge in [-0.2, -0.15) is 5.26 Å². The van der Waals surface area contributed by atoms with E-state index in [0.717, 1.165) is 18.7 Å². The van der Waals surface area contributed by atoms with Crippen molar-refractivity contribution in [2.45, 2.75) is 13.1 Å². The van der Waals surface area contributed by atoms with Crippen molar-refractivity contribution in [1.82, 2.24) is 9.88 Å². The molecule has 0 aliphatic carbocycles. The van der Waals surface area contributed by atoms with Crippen molar-refractivity contribution in [3.05, 3.63) is 53.3 Å². The third kappa shape index (κ3) is 2.95. The van der Waals surface area contributed by atoms with Crippen LogP contribution in [0.4, 0.5) is 0 Å². The predicted octanol–water partition coefficient (Wildman–Crippen LogP) is 2.14. The van der Waals surface area contributed by atoms with Gasteiger partial charge in [0.15, 0.2) is 0 Å². The third-order valence-electron chi connectivity index (χ3n) is 3.02. The maximum absolute atomic E-state index is 9.09. The van der Waals surface area contributed by atoms with Crippen LogP contribution in [-0.2, 0) is 13.1 Å². The second-order valence-corrected chi connectivity index (χ2v) is 4.30. The average Bonchev–Trinajstić information content (AvgIpc) is 2.86. The summed E-state index contributed by atoms with van der Waals surface area (Å²) in [6, 6.07) is 12.0. The maximum Gasteiger partial charge on any atom is 0.136 e. The van der Waals surface area contributed by atoms with Crippen molar-refractivity contribution in [3.63, 3.8) is 0 Å². The van der Waals surface area contributed by atoms with Gasteiger partial charge in [0.05, 0.1) is 12.7 Å². The molecule has 1 N–H and O–H groups in total. The molecule has 0 unspecified atom stereocenters. The summed E-state index contributed by atoms with van der Waals surface area (Å²) in [5.41, 5.74) is 2.88. The fourth-order valence-corrected chi connectivity index (χ4v) is 2.08. The van der Waals surface area contributed by atoms with E-state index in [4.69, 9.17) is 10.00 Å². The highest BCUT2D eigenvalue weighted by molar-refractivity contribution is 5.45. The molecular formula is C15H17N3O. The standard InChI is InChI=1S/C15H17N3O/c1-17-10-14-4-3-7-18(14)11-12-5-6-15(19-2)13(8-12)9-16/h3-8,17H,10-11H2,1-2H3. The maximum atomic E-state index is 9.09. The van der Waals surface area contributed by atoms with Crippen molar-refractivity contribution in [2.24, 2.45) is 0 Å². The van der Waals surface area contributed by atoms with Crippen LogP contribution in [0.2, 0.25) is 0 Å². The predicted molar refractivity (Wildman–Crippen MR) is 74.0 cm³/mol. The quantitative estimate of drug-likeness (QED) is 0.890. The Bertz CT molecular complexity index is 596. The summed E-state index contributed by atoms with van der Waals surface area (Å²) in [4.78, 5) is 0. The van der Waals surface area contributed by atoms with Gasteiger partial charge in [-0.3, -0.25) is 0 Å². The van der Waals surface area contributed by atoms with Gasteiger partial charge in [0, 0.05) is 25.0 Å². The molecule has 0 saturated heterocycles. The van der Waals surface area contributed by atoms with Crippen LogP contribution < -0.4 is 10.1 Å². The van der Waals surface area contributed by atoms with Crippen molar-refractivity contribution in [3.8, 4) is 11.8 Å². The molecule has 1 aromatic heterocycles. The molecule has 98 valence electrons. The zero-order valence-corrected chi connectivity index (χ0v) is 11.2. The van der Waals surface area contributed by atoms with Gasteiger partial charge in [-0.25, -0.2) is 0 Å². The van der Waals surface area contributed by atoms with Crippen LogP contribution in [0.5, 0.6) is 5.75 Å². The first-order valence-corrected chi connectivity index (χ1v) is 6.14. The molecule has 0 saturated carbocycles. The molecule has 0 amide bonds. The summed E-state index contributed by atoms with van der Waals surface area (Å²) in [7, 11) is 3.51. The summed E-state index contributed by atoms with van der Waals surface area (Å²) in [5.74, 6) is 0.620. The first kappa shape index (κ1) is 13.2. The number of hydrogen-bond donors (Lipinski definition) is 1.